The first kappa shape index (κ1) is 26.9. The molecule has 1 heterocycles. The van der Waals surface area contributed by atoms with Gasteiger partial charge >= 0.3 is 0 Å². The fourth-order valence-corrected chi connectivity index (χ4v) is 3.37. The maximum absolute atomic E-state index is 12.1. The highest BCUT2D eigenvalue weighted by atomic mass is 127. The molecule has 9 heteroatoms. The van der Waals surface area contributed by atoms with Gasteiger partial charge in [0, 0.05) is 49.4 Å². The summed E-state index contributed by atoms with van der Waals surface area (Å²) < 4.78 is 5.47. The number of halogens is 2. The summed E-state index contributed by atoms with van der Waals surface area (Å²) in [7, 11) is 0. The molecule has 1 amide bonds. The van der Waals surface area contributed by atoms with Crippen LogP contribution in [0, 0.1) is 5.92 Å². The number of carbonyl (C=O) groups excluding carboxylic acids is 1. The Labute approximate surface area is 202 Å². The second kappa shape index (κ2) is 14.8. The van der Waals surface area contributed by atoms with Crippen molar-refractivity contribution in [3.63, 3.8) is 0 Å². The van der Waals surface area contributed by atoms with Crippen molar-refractivity contribution >= 4 is 47.4 Å². The monoisotopic (exact) mass is 551 g/mol. The van der Waals surface area contributed by atoms with E-state index in [2.05, 4.69) is 34.7 Å². The number of hydrogen-bond acceptors (Lipinski definition) is 4. The molecule has 1 atom stereocenters. The summed E-state index contributed by atoms with van der Waals surface area (Å²) in [5.41, 5.74) is 0.597. The molecular formula is C21H35ClIN5O2. The maximum Gasteiger partial charge on any atom is 0.251 e. The Morgan fingerprint density at radius 3 is 2.37 bits per heavy atom. The number of aliphatic imine (C=N–C) groups is 1. The van der Waals surface area contributed by atoms with Crippen molar-refractivity contribution in [2.75, 3.05) is 52.5 Å². The highest BCUT2D eigenvalue weighted by Crippen LogP contribution is 2.13. The van der Waals surface area contributed by atoms with E-state index in [1.165, 1.54) is 0 Å². The minimum Gasteiger partial charge on any atom is -0.379 e. The van der Waals surface area contributed by atoms with Gasteiger partial charge < -0.3 is 20.7 Å². The van der Waals surface area contributed by atoms with Crippen LogP contribution in [0.1, 0.15) is 31.1 Å². The molecule has 0 saturated carbocycles. The Bertz CT molecular complexity index is 651. The summed E-state index contributed by atoms with van der Waals surface area (Å²) in [4.78, 5) is 19.4. The number of morpholine rings is 1. The molecule has 1 aliphatic rings. The number of amides is 1. The van der Waals surface area contributed by atoms with Gasteiger partial charge in [-0.1, -0.05) is 25.4 Å². The van der Waals surface area contributed by atoms with E-state index in [-0.39, 0.29) is 29.9 Å². The molecule has 1 aromatic rings. The van der Waals surface area contributed by atoms with Gasteiger partial charge in [0.2, 0.25) is 0 Å². The largest absolute Gasteiger partial charge is 0.379 e. The zero-order valence-corrected chi connectivity index (χ0v) is 21.2. The lowest BCUT2D eigenvalue weighted by Crippen LogP contribution is -2.48. The van der Waals surface area contributed by atoms with E-state index in [4.69, 9.17) is 21.3 Å². The lowest BCUT2D eigenvalue weighted by Gasteiger charge is -2.36. The molecule has 0 bridgehead atoms. The van der Waals surface area contributed by atoms with Crippen LogP contribution in [0.15, 0.2) is 29.3 Å². The fraction of sp³-hybridized carbons (Fsp3) is 0.619. The van der Waals surface area contributed by atoms with Gasteiger partial charge in [-0.3, -0.25) is 14.7 Å². The SMILES string of the molecule is CCNC(=NCC(C(C)C)N1CCOCC1)NCCNC(=O)c1ccc(Cl)cc1.I. The lowest BCUT2D eigenvalue weighted by atomic mass is 10.0. The third-order valence-corrected chi connectivity index (χ3v) is 5.13. The Kier molecular flexibility index (Phi) is 13.3. The molecule has 7 nitrogen and oxygen atoms in total. The Morgan fingerprint density at radius 1 is 1.13 bits per heavy atom. The highest BCUT2D eigenvalue weighted by molar-refractivity contribution is 14.0. The lowest BCUT2D eigenvalue weighted by molar-refractivity contribution is 0.00867. The molecule has 2 rings (SSSR count). The second-order valence-corrected chi connectivity index (χ2v) is 7.81. The summed E-state index contributed by atoms with van der Waals surface area (Å²) in [5, 5.41) is 10.1. The first-order valence-electron chi connectivity index (χ1n) is 10.4. The van der Waals surface area contributed by atoms with E-state index in [0.29, 0.717) is 35.6 Å². The van der Waals surface area contributed by atoms with Crippen LogP contribution in [0.2, 0.25) is 5.02 Å². The molecule has 1 saturated heterocycles. The number of hydrogen-bond donors (Lipinski definition) is 3. The van der Waals surface area contributed by atoms with Crippen LogP contribution >= 0.6 is 35.6 Å². The van der Waals surface area contributed by atoms with Crippen molar-refractivity contribution in [3.8, 4) is 0 Å². The first-order chi connectivity index (χ1) is 14.0. The van der Waals surface area contributed by atoms with E-state index >= 15 is 0 Å². The molecule has 0 radical (unpaired) electrons. The van der Waals surface area contributed by atoms with Crippen LogP contribution in [0.3, 0.4) is 0 Å². The van der Waals surface area contributed by atoms with Crippen LogP contribution in [0.5, 0.6) is 0 Å². The minimum atomic E-state index is -0.113. The van der Waals surface area contributed by atoms with Crippen LogP contribution in [0.4, 0.5) is 0 Å². The van der Waals surface area contributed by atoms with Gasteiger partial charge in [-0.2, -0.15) is 0 Å². The van der Waals surface area contributed by atoms with Gasteiger partial charge in [-0.15, -0.1) is 24.0 Å². The van der Waals surface area contributed by atoms with E-state index in [9.17, 15) is 4.79 Å². The molecule has 1 aliphatic heterocycles. The van der Waals surface area contributed by atoms with Crippen LogP contribution in [0.25, 0.3) is 0 Å². The van der Waals surface area contributed by atoms with E-state index < -0.39 is 0 Å². The first-order valence-corrected chi connectivity index (χ1v) is 10.8. The third kappa shape index (κ3) is 9.36. The van der Waals surface area contributed by atoms with Crippen molar-refractivity contribution in [1.82, 2.24) is 20.9 Å². The zero-order chi connectivity index (χ0) is 21.1. The molecule has 170 valence electrons. The summed E-state index contributed by atoms with van der Waals surface area (Å²) in [6.07, 6.45) is 0. The summed E-state index contributed by atoms with van der Waals surface area (Å²) >= 11 is 5.86. The van der Waals surface area contributed by atoms with Gasteiger partial charge in [0.25, 0.3) is 5.91 Å². The van der Waals surface area contributed by atoms with Crippen molar-refractivity contribution in [2.45, 2.75) is 26.8 Å². The average molecular weight is 552 g/mol. The summed E-state index contributed by atoms with van der Waals surface area (Å²) in [5.74, 6) is 1.17. The van der Waals surface area contributed by atoms with Gasteiger partial charge in [-0.25, -0.2) is 0 Å². The Balaban J connectivity index is 0.00000450. The zero-order valence-electron chi connectivity index (χ0n) is 18.1. The van der Waals surface area contributed by atoms with E-state index in [0.717, 1.165) is 45.4 Å². The standard InChI is InChI=1S/C21H34ClN5O2.HI/c1-4-23-21(26-15-19(16(2)3)27-11-13-29-14-12-27)25-10-9-24-20(28)17-5-7-18(22)8-6-17;/h5-8,16,19H,4,9-15H2,1-3H3,(H,24,28)(H2,23,25,26);1H. The van der Waals surface area contributed by atoms with Gasteiger partial charge in [-0.05, 0) is 37.1 Å². The quantitative estimate of drug-likeness (QED) is 0.190. The summed E-state index contributed by atoms with van der Waals surface area (Å²) in [6, 6.07) is 7.25. The average Bonchev–Trinajstić information content (AvgIpc) is 2.72. The highest BCUT2D eigenvalue weighted by Gasteiger charge is 2.23. The maximum atomic E-state index is 12.1. The number of benzene rings is 1. The molecule has 0 aromatic heterocycles. The molecule has 0 spiro atoms. The van der Waals surface area contributed by atoms with Crippen LogP contribution < -0.4 is 16.0 Å². The second-order valence-electron chi connectivity index (χ2n) is 7.37. The molecule has 30 heavy (non-hydrogen) atoms. The smallest absolute Gasteiger partial charge is 0.251 e. The molecule has 0 aliphatic carbocycles. The summed E-state index contributed by atoms with van der Waals surface area (Å²) in [6.45, 7) is 12.6. The van der Waals surface area contributed by atoms with Gasteiger partial charge in [0.05, 0.1) is 19.8 Å². The molecule has 3 N–H and O–H groups in total. The number of nitrogens with one attached hydrogen (secondary N) is 3. The molecule has 1 unspecified atom stereocenters. The topological polar surface area (TPSA) is 78.0 Å². The van der Waals surface area contributed by atoms with Crippen LogP contribution in [-0.4, -0.2) is 75.3 Å². The van der Waals surface area contributed by atoms with Crippen LogP contribution in [-0.2, 0) is 4.74 Å². The predicted octanol–water partition coefficient (Wildman–Crippen LogP) is 2.60. The van der Waals surface area contributed by atoms with Crippen molar-refractivity contribution in [2.24, 2.45) is 10.9 Å². The normalized spacial score (nSPS) is 16.0. The third-order valence-electron chi connectivity index (χ3n) is 4.87. The Hall–Kier alpha value is -1.10. The fourth-order valence-electron chi connectivity index (χ4n) is 3.24. The van der Waals surface area contributed by atoms with Crippen molar-refractivity contribution < 1.29 is 9.53 Å². The number of rotatable bonds is 9. The van der Waals surface area contributed by atoms with Crippen molar-refractivity contribution in [3.05, 3.63) is 34.9 Å². The van der Waals surface area contributed by atoms with E-state index in [1.54, 1.807) is 24.3 Å². The molecule has 1 aromatic carbocycles. The number of ether oxygens (including phenoxy) is 1. The number of carbonyl (C=O) groups is 1. The van der Waals surface area contributed by atoms with Gasteiger partial charge in [0.1, 0.15) is 0 Å². The number of guanidine groups is 1. The van der Waals surface area contributed by atoms with E-state index in [1.807, 2.05) is 6.92 Å². The Morgan fingerprint density at radius 2 is 1.77 bits per heavy atom. The number of nitrogens with zero attached hydrogens (tertiary/aromatic N) is 2. The van der Waals surface area contributed by atoms with Crippen molar-refractivity contribution in [1.29, 1.82) is 0 Å². The molecule has 1 fully saturated rings. The minimum absolute atomic E-state index is 0. The van der Waals surface area contributed by atoms with Gasteiger partial charge in [0.15, 0.2) is 5.96 Å². The predicted molar refractivity (Wildman–Crippen MR) is 134 cm³/mol. The molecular weight excluding hydrogens is 517 g/mol.